The Morgan fingerprint density at radius 3 is 2.60 bits per heavy atom. The summed E-state index contributed by atoms with van der Waals surface area (Å²) in [6.45, 7) is 6.42. The van der Waals surface area contributed by atoms with Crippen LogP contribution >= 0.6 is 0 Å². The third kappa shape index (κ3) is 5.90. The fourth-order valence-corrected chi connectivity index (χ4v) is 2.19. The van der Waals surface area contributed by atoms with E-state index < -0.39 is 0 Å². The molecule has 4 heteroatoms. The highest BCUT2D eigenvalue weighted by Gasteiger charge is 2.07. The molecule has 0 radical (unpaired) electrons. The number of rotatable bonds is 10. The first-order chi connectivity index (χ1) is 9.69. The molecule has 0 aliphatic rings. The fourth-order valence-electron chi connectivity index (χ4n) is 2.19. The molecule has 4 nitrogen and oxygen atoms in total. The van der Waals surface area contributed by atoms with Crippen LogP contribution in [-0.2, 0) is 16.0 Å². The Hall–Kier alpha value is -1.10. The second-order valence-corrected chi connectivity index (χ2v) is 5.07. The number of aryl methyl sites for hydroxylation is 1. The van der Waals surface area contributed by atoms with Crippen molar-refractivity contribution in [1.29, 1.82) is 0 Å². The summed E-state index contributed by atoms with van der Waals surface area (Å²) < 4.78 is 10.2. The summed E-state index contributed by atoms with van der Waals surface area (Å²) in [5, 5.41) is 3.42. The number of ether oxygens (including phenoxy) is 2. The minimum absolute atomic E-state index is 0.741. The molecule has 0 heterocycles. The standard InChI is InChI=1S/C16H28N2O2/c1-14-6-7-16(18(2)9-5-10-19-3)15(12-14)13-17-8-11-20-4/h6-7,12,17H,5,8-11,13H2,1-4H3. The van der Waals surface area contributed by atoms with Gasteiger partial charge < -0.3 is 19.7 Å². The molecule has 0 aliphatic heterocycles. The van der Waals surface area contributed by atoms with Gasteiger partial charge in [0.2, 0.25) is 0 Å². The zero-order chi connectivity index (χ0) is 14.8. The molecule has 0 saturated carbocycles. The SMILES string of the molecule is COCCCN(C)c1ccc(C)cc1CNCCOC. The number of nitrogens with zero attached hydrogens (tertiary/aromatic N) is 1. The number of hydrogen-bond acceptors (Lipinski definition) is 4. The van der Waals surface area contributed by atoms with Crippen molar-refractivity contribution in [1.82, 2.24) is 5.32 Å². The predicted molar refractivity (Wildman–Crippen MR) is 84.5 cm³/mol. The van der Waals surface area contributed by atoms with E-state index in [9.17, 15) is 0 Å². The Bertz CT molecular complexity index is 383. The van der Waals surface area contributed by atoms with Crippen molar-refractivity contribution in [2.75, 3.05) is 52.5 Å². The lowest BCUT2D eigenvalue weighted by atomic mass is 10.1. The van der Waals surface area contributed by atoms with Crippen molar-refractivity contribution < 1.29 is 9.47 Å². The van der Waals surface area contributed by atoms with Gasteiger partial charge in [-0.2, -0.15) is 0 Å². The van der Waals surface area contributed by atoms with Crippen molar-refractivity contribution in [3.8, 4) is 0 Å². The molecule has 0 atom stereocenters. The van der Waals surface area contributed by atoms with Crippen LogP contribution in [0.3, 0.4) is 0 Å². The van der Waals surface area contributed by atoms with E-state index in [-0.39, 0.29) is 0 Å². The van der Waals surface area contributed by atoms with Crippen molar-refractivity contribution in [2.24, 2.45) is 0 Å². The van der Waals surface area contributed by atoms with E-state index in [2.05, 4.69) is 42.4 Å². The van der Waals surface area contributed by atoms with Crippen LogP contribution in [0.2, 0.25) is 0 Å². The maximum absolute atomic E-state index is 5.12. The van der Waals surface area contributed by atoms with E-state index in [4.69, 9.17) is 9.47 Å². The van der Waals surface area contributed by atoms with Gasteiger partial charge >= 0.3 is 0 Å². The zero-order valence-corrected chi connectivity index (χ0v) is 13.2. The van der Waals surface area contributed by atoms with Crippen LogP contribution in [0.25, 0.3) is 0 Å². The van der Waals surface area contributed by atoms with E-state index in [1.54, 1.807) is 14.2 Å². The lowest BCUT2D eigenvalue weighted by Crippen LogP contribution is -2.24. The van der Waals surface area contributed by atoms with Gasteiger partial charge in [-0.1, -0.05) is 17.7 Å². The third-order valence-electron chi connectivity index (χ3n) is 3.29. The zero-order valence-electron chi connectivity index (χ0n) is 13.2. The molecule has 1 aromatic carbocycles. The largest absolute Gasteiger partial charge is 0.385 e. The molecule has 0 saturated heterocycles. The molecule has 0 amide bonds. The number of benzene rings is 1. The van der Waals surface area contributed by atoms with Gasteiger partial charge in [0, 0.05) is 53.2 Å². The summed E-state index contributed by atoms with van der Waals surface area (Å²) >= 11 is 0. The van der Waals surface area contributed by atoms with E-state index in [0.29, 0.717) is 0 Å². The highest BCUT2D eigenvalue weighted by Crippen LogP contribution is 2.21. The first-order valence-corrected chi connectivity index (χ1v) is 7.18. The summed E-state index contributed by atoms with van der Waals surface area (Å²) in [5.41, 5.74) is 3.92. The molecule has 0 bridgehead atoms. The molecular weight excluding hydrogens is 252 g/mol. The van der Waals surface area contributed by atoms with Crippen LogP contribution in [-0.4, -0.2) is 47.6 Å². The molecule has 0 fully saturated rings. The average Bonchev–Trinajstić information content (AvgIpc) is 2.44. The van der Waals surface area contributed by atoms with Gasteiger partial charge in [-0.25, -0.2) is 0 Å². The Labute approximate surface area is 123 Å². The molecule has 20 heavy (non-hydrogen) atoms. The highest BCUT2D eigenvalue weighted by molar-refractivity contribution is 5.54. The Morgan fingerprint density at radius 1 is 1.15 bits per heavy atom. The number of anilines is 1. The molecule has 1 rings (SSSR count). The smallest absolute Gasteiger partial charge is 0.0587 e. The third-order valence-corrected chi connectivity index (χ3v) is 3.29. The molecule has 1 aromatic rings. The van der Waals surface area contributed by atoms with Gasteiger partial charge in [0.15, 0.2) is 0 Å². The van der Waals surface area contributed by atoms with Crippen LogP contribution in [0, 0.1) is 6.92 Å². The summed E-state index contributed by atoms with van der Waals surface area (Å²) in [6.07, 6.45) is 1.04. The van der Waals surface area contributed by atoms with E-state index in [1.807, 2.05) is 0 Å². The van der Waals surface area contributed by atoms with Crippen LogP contribution in [0.15, 0.2) is 18.2 Å². The van der Waals surface area contributed by atoms with Gasteiger partial charge in [0.05, 0.1) is 6.61 Å². The molecule has 114 valence electrons. The molecule has 0 aliphatic carbocycles. The Balaban J connectivity index is 2.63. The first kappa shape index (κ1) is 17.0. The summed E-state index contributed by atoms with van der Waals surface area (Å²) in [4.78, 5) is 2.30. The minimum atomic E-state index is 0.741. The average molecular weight is 280 g/mol. The fraction of sp³-hybridized carbons (Fsp3) is 0.625. The number of nitrogens with one attached hydrogen (secondary N) is 1. The number of methoxy groups -OCH3 is 2. The Kier molecular flexibility index (Phi) is 8.26. The second kappa shape index (κ2) is 9.75. The van der Waals surface area contributed by atoms with Crippen molar-refractivity contribution in [3.05, 3.63) is 29.3 Å². The first-order valence-electron chi connectivity index (χ1n) is 7.18. The lowest BCUT2D eigenvalue weighted by Gasteiger charge is -2.23. The van der Waals surface area contributed by atoms with E-state index in [1.165, 1.54) is 16.8 Å². The van der Waals surface area contributed by atoms with Crippen LogP contribution in [0.1, 0.15) is 17.5 Å². The van der Waals surface area contributed by atoms with Crippen molar-refractivity contribution >= 4 is 5.69 Å². The quantitative estimate of drug-likeness (QED) is 0.666. The Morgan fingerprint density at radius 2 is 1.90 bits per heavy atom. The topological polar surface area (TPSA) is 33.7 Å². The molecule has 0 aromatic heterocycles. The maximum Gasteiger partial charge on any atom is 0.0587 e. The normalized spacial score (nSPS) is 10.8. The summed E-state index contributed by atoms with van der Waals surface area (Å²) in [5.74, 6) is 0. The van der Waals surface area contributed by atoms with Crippen molar-refractivity contribution in [2.45, 2.75) is 19.9 Å². The van der Waals surface area contributed by atoms with Crippen molar-refractivity contribution in [3.63, 3.8) is 0 Å². The maximum atomic E-state index is 5.12. The van der Waals surface area contributed by atoms with Gasteiger partial charge in [-0.05, 0) is 25.0 Å². The van der Waals surface area contributed by atoms with Gasteiger partial charge in [-0.3, -0.25) is 0 Å². The van der Waals surface area contributed by atoms with Crippen LogP contribution in [0.5, 0.6) is 0 Å². The summed E-state index contributed by atoms with van der Waals surface area (Å²) in [6, 6.07) is 6.62. The molecular formula is C16H28N2O2. The monoisotopic (exact) mass is 280 g/mol. The van der Waals surface area contributed by atoms with Gasteiger partial charge in [-0.15, -0.1) is 0 Å². The second-order valence-electron chi connectivity index (χ2n) is 5.07. The highest BCUT2D eigenvalue weighted by atomic mass is 16.5. The number of hydrogen-bond donors (Lipinski definition) is 1. The van der Waals surface area contributed by atoms with Crippen LogP contribution in [0.4, 0.5) is 5.69 Å². The molecule has 1 N–H and O–H groups in total. The minimum Gasteiger partial charge on any atom is -0.385 e. The molecule has 0 spiro atoms. The summed E-state index contributed by atoms with van der Waals surface area (Å²) in [7, 11) is 5.61. The van der Waals surface area contributed by atoms with E-state index in [0.717, 1.165) is 39.3 Å². The molecule has 0 unspecified atom stereocenters. The lowest BCUT2D eigenvalue weighted by molar-refractivity contribution is 0.196. The van der Waals surface area contributed by atoms with Gasteiger partial charge in [0.1, 0.15) is 0 Å². The van der Waals surface area contributed by atoms with E-state index >= 15 is 0 Å². The van der Waals surface area contributed by atoms with Crippen LogP contribution < -0.4 is 10.2 Å². The van der Waals surface area contributed by atoms with Gasteiger partial charge in [0.25, 0.3) is 0 Å². The predicted octanol–water partition coefficient (Wildman–Crippen LogP) is 2.20.